The largest absolute Gasteiger partial charge is 0.355 e. The van der Waals surface area contributed by atoms with Crippen molar-refractivity contribution >= 4 is 27.7 Å². The van der Waals surface area contributed by atoms with Crippen LogP contribution in [0, 0.1) is 0 Å². The van der Waals surface area contributed by atoms with Gasteiger partial charge in [-0.3, -0.25) is 9.59 Å². The van der Waals surface area contributed by atoms with Gasteiger partial charge in [0.2, 0.25) is 11.8 Å². The minimum absolute atomic E-state index is 0.0131. The maximum atomic E-state index is 12.3. The van der Waals surface area contributed by atoms with Crippen LogP contribution in [0.1, 0.15) is 39.2 Å². The number of hydrogen-bond donors (Lipinski definition) is 1. The second kappa shape index (κ2) is 8.82. The number of likely N-dealkylation sites (N-methyl/N-ethyl adjacent to an activating group) is 1. The van der Waals surface area contributed by atoms with Crippen LogP contribution in [-0.4, -0.2) is 29.3 Å². The van der Waals surface area contributed by atoms with Crippen LogP contribution in [0.2, 0.25) is 0 Å². The van der Waals surface area contributed by atoms with E-state index in [-0.39, 0.29) is 11.8 Å². The van der Waals surface area contributed by atoms with Gasteiger partial charge in [0.15, 0.2) is 0 Å². The summed E-state index contributed by atoms with van der Waals surface area (Å²) in [6, 6.07) is 7.33. The molecule has 0 bridgehead atoms. The molecule has 0 radical (unpaired) electrons. The van der Waals surface area contributed by atoms with E-state index in [9.17, 15) is 9.59 Å². The maximum absolute atomic E-state index is 12.3. The molecule has 1 rings (SSSR count). The Morgan fingerprint density at radius 2 is 1.86 bits per heavy atom. The van der Waals surface area contributed by atoms with Crippen LogP contribution >= 0.6 is 15.9 Å². The third kappa shape index (κ3) is 5.50. The molecule has 0 aliphatic rings. The van der Waals surface area contributed by atoms with Gasteiger partial charge in [0.05, 0.1) is 0 Å². The molecule has 0 aliphatic carbocycles. The van der Waals surface area contributed by atoms with E-state index < -0.39 is 6.04 Å². The number of halogens is 1. The first kappa shape index (κ1) is 17.7. The number of hydrogen-bond acceptors (Lipinski definition) is 2. The summed E-state index contributed by atoms with van der Waals surface area (Å²) in [4.78, 5) is 26.0. The molecule has 2 amide bonds. The van der Waals surface area contributed by atoms with Crippen molar-refractivity contribution in [1.29, 1.82) is 0 Å². The summed E-state index contributed by atoms with van der Waals surface area (Å²) in [6.45, 7) is 6.63. The first-order valence-corrected chi connectivity index (χ1v) is 8.10. The highest BCUT2D eigenvalue weighted by Crippen LogP contribution is 2.15. The van der Waals surface area contributed by atoms with Gasteiger partial charge in [0.25, 0.3) is 0 Å². The van der Waals surface area contributed by atoms with Crippen molar-refractivity contribution < 1.29 is 9.59 Å². The van der Waals surface area contributed by atoms with E-state index in [1.165, 1.54) is 0 Å². The fraction of sp³-hybridized carbons (Fsp3) is 0.500. The van der Waals surface area contributed by atoms with E-state index in [1.807, 2.05) is 38.1 Å². The van der Waals surface area contributed by atoms with Gasteiger partial charge >= 0.3 is 0 Å². The third-order valence-electron chi connectivity index (χ3n) is 3.25. The van der Waals surface area contributed by atoms with E-state index in [2.05, 4.69) is 21.2 Å². The van der Waals surface area contributed by atoms with Crippen LogP contribution in [0.15, 0.2) is 28.7 Å². The van der Waals surface area contributed by atoms with Crippen molar-refractivity contribution in [3.8, 4) is 0 Å². The SMILES string of the molecule is CCCC(=O)N(Cc1ccc(Br)cc1)[C@@H](C)C(=O)NCC. The molecule has 0 aromatic heterocycles. The Balaban J connectivity index is 2.88. The summed E-state index contributed by atoms with van der Waals surface area (Å²) in [5, 5.41) is 2.78. The summed E-state index contributed by atoms with van der Waals surface area (Å²) in [6.07, 6.45) is 1.23. The average Bonchev–Trinajstić information content (AvgIpc) is 2.46. The van der Waals surface area contributed by atoms with Gasteiger partial charge in [-0.05, 0) is 38.0 Å². The molecule has 0 unspecified atom stereocenters. The van der Waals surface area contributed by atoms with Crippen LogP contribution < -0.4 is 5.32 Å². The minimum atomic E-state index is -0.465. The van der Waals surface area contributed by atoms with Gasteiger partial charge in [0, 0.05) is 24.0 Å². The first-order valence-electron chi connectivity index (χ1n) is 7.31. The summed E-state index contributed by atoms with van der Waals surface area (Å²) < 4.78 is 0.995. The van der Waals surface area contributed by atoms with Gasteiger partial charge < -0.3 is 10.2 Å². The van der Waals surface area contributed by atoms with Crippen molar-refractivity contribution in [2.75, 3.05) is 6.54 Å². The molecule has 5 heteroatoms. The second-order valence-corrected chi connectivity index (χ2v) is 5.88. The summed E-state index contributed by atoms with van der Waals surface area (Å²) in [5.74, 6) is -0.0989. The molecule has 1 atom stereocenters. The molecular formula is C16H23BrN2O2. The zero-order chi connectivity index (χ0) is 15.8. The van der Waals surface area contributed by atoms with E-state index in [4.69, 9.17) is 0 Å². The highest BCUT2D eigenvalue weighted by Gasteiger charge is 2.24. The fourth-order valence-corrected chi connectivity index (χ4v) is 2.31. The van der Waals surface area contributed by atoms with Crippen LogP contribution in [0.5, 0.6) is 0 Å². The molecule has 1 aromatic carbocycles. The van der Waals surface area contributed by atoms with Crippen molar-refractivity contribution in [2.45, 2.75) is 46.2 Å². The predicted molar refractivity (Wildman–Crippen MR) is 87.7 cm³/mol. The Morgan fingerprint density at radius 1 is 1.24 bits per heavy atom. The summed E-state index contributed by atoms with van der Waals surface area (Å²) in [7, 11) is 0. The lowest BCUT2D eigenvalue weighted by Crippen LogP contribution is -2.47. The fourth-order valence-electron chi connectivity index (χ4n) is 2.05. The molecule has 1 aromatic rings. The van der Waals surface area contributed by atoms with Crippen molar-refractivity contribution in [3.63, 3.8) is 0 Å². The van der Waals surface area contributed by atoms with Crippen molar-refractivity contribution in [1.82, 2.24) is 10.2 Å². The lowest BCUT2D eigenvalue weighted by molar-refractivity contribution is -0.140. The third-order valence-corrected chi connectivity index (χ3v) is 3.78. The molecule has 21 heavy (non-hydrogen) atoms. The summed E-state index contributed by atoms with van der Waals surface area (Å²) in [5.41, 5.74) is 1.01. The Kier molecular flexibility index (Phi) is 7.43. The molecule has 0 heterocycles. The highest BCUT2D eigenvalue weighted by molar-refractivity contribution is 9.10. The predicted octanol–water partition coefficient (Wildman–Crippen LogP) is 3.10. The molecule has 0 saturated heterocycles. The standard InChI is InChI=1S/C16H23BrN2O2/c1-4-6-15(20)19(12(3)16(21)18-5-2)11-13-7-9-14(17)10-8-13/h7-10,12H,4-6,11H2,1-3H3,(H,18,21)/t12-/m0/s1. The van der Waals surface area contributed by atoms with Crippen LogP contribution in [0.4, 0.5) is 0 Å². The molecule has 116 valence electrons. The first-order chi connectivity index (χ1) is 9.99. The number of nitrogens with zero attached hydrogens (tertiary/aromatic N) is 1. The quantitative estimate of drug-likeness (QED) is 0.817. The lowest BCUT2D eigenvalue weighted by atomic mass is 10.1. The van der Waals surface area contributed by atoms with Gasteiger partial charge in [-0.2, -0.15) is 0 Å². The molecule has 0 spiro atoms. The van der Waals surface area contributed by atoms with Crippen molar-refractivity contribution in [2.24, 2.45) is 0 Å². The maximum Gasteiger partial charge on any atom is 0.242 e. The average molecular weight is 355 g/mol. The van der Waals surface area contributed by atoms with Gasteiger partial charge in [-0.1, -0.05) is 35.0 Å². The molecule has 0 aliphatic heterocycles. The van der Waals surface area contributed by atoms with Gasteiger partial charge in [0.1, 0.15) is 6.04 Å². The molecular weight excluding hydrogens is 332 g/mol. The molecule has 0 saturated carbocycles. The number of carbonyl (C=O) groups is 2. The van der Waals surface area contributed by atoms with Crippen LogP contribution in [-0.2, 0) is 16.1 Å². The normalized spacial score (nSPS) is 11.8. The lowest BCUT2D eigenvalue weighted by Gasteiger charge is -2.28. The smallest absolute Gasteiger partial charge is 0.242 e. The Hall–Kier alpha value is -1.36. The Morgan fingerprint density at radius 3 is 2.38 bits per heavy atom. The van der Waals surface area contributed by atoms with Crippen LogP contribution in [0.25, 0.3) is 0 Å². The van der Waals surface area contributed by atoms with Gasteiger partial charge in [-0.15, -0.1) is 0 Å². The number of benzene rings is 1. The topological polar surface area (TPSA) is 49.4 Å². The van der Waals surface area contributed by atoms with E-state index >= 15 is 0 Å². The highest BCUT2D eigenvalue weighted by atomic mass is 79.9. The summed E-state index contributed by atoms with van der Waals surface area (Å²) >= 11 is 3.39. The molecule has 0 fully saturated rings. The Bertz CT molecular complexity index is 474. The van der Waals surface area contributed by atoms with Crippen LogP contribution in [0.3, 0.4) is 0 Å². The number of amides is 2. The van der Waals surface area contributed by atoms with E-state index in [1.54, 1.807) is 11.8 Å². The van der Waals surface area contributed by atoms with Crippen molar-refractivity contribution in [3.05, 3.63) is 34.3 Å². The zero-order valence-electron chi connectivity index (χ0n) is 12.9. The number of rotatable bonds is 7. The number of nitrogens with one attached hydrogen (secondary N) is 1. The Labute approximate surface area is 135 Å². The molecule has 1 N–H and O–H groups in total. The monoisotopic (exact) mass is 354 g/mol. The number of carbonyl (C=O) groups excluding carboxylic acids is 2. The zero-order valence-corrected chi connectivity index (χ0v) is 14.4. The second-order valence-electron chi connectivity index (χ2n) is 4.97. The van der Waals surface area contributed by atoms with Gasteiger partial charge in [-0.25, -0.2) is 0 Å². The molecule has 4 nitrogen and oxygen atoms in total. The van der Waals surface area contributed by atoms with E-state index in [0.29, 0.717) is 19.5 Å². The van der Waals surface area contributed by atoms with E-state index in [0.717, 1.165) is 16.5 Å². The minimum Gasteiger partial charge on any atom is -0.355 e.